The van der Waals surface area contributed by atoms with Crippen molar-refractivity contribution in [3.63, 3.8) is 0 Å². The molecule has 0 radical (unpaired) electrons. The Morgan fingerprint density at radius 1 is 1.22 bits per heavy atom. The van der Waals surface area contributed by atoms with Crippen molar-refractivity contribution in [2.45, 2.75) is 38.2 Å². The van der Waals surface area contributed by atoms with Gasteiger partial charge in [-0.3, -0.25) is 4.79 Å². The minimum atomic E-state index is -0.0579. The molecule has 23 heavy (non-hydrogen) atoms. The van der Waals surface area contributed by atoms with Crippen LogP contribution >= 0.6 is 0 Å². The molecule has 1 aliphatic carbocycles. The maximum Gasteiger partial charge on any atom is 0.278 e. The zero-order chi connectivity index (χ0) is 16.1. The van der Waals surface area contributed by atoms with Crippen molar-refractivity contribution in [1.29, 1.82) is 0 Å². The average Bonchev–Trinajstić information content (AvgIpc) is 2.62. The number of rotatable bonds is 4. The lowest BCUT2D eigenvalue weighted by molar-refractivity contribution is -0.138. The zero-order valence-corrected chi connectivity index (χ0v) is 13.5. The van der Waals surface area contributed by atoms with E-state index in [-0.39, 0.29) is 17.9 Å². The highest BCUT2D eigenvalue weighted by atomic mass is 16.5. The van der Waals surface area contributed by atoms with E-state index in [1.54, 1.807) is 19.5 Å². The summed E-state index contributed by atoms with van der Waals surface area (Å²) in [5.74, 6) is 1.17. The Hall–Kier alpha value is -2.11. The third-order valence-electron chi connectivity index (χ3n) is 4.41. The summed E-state index contributed by atoms with van der Waals surface area (Å²) in [5, 5.41) is 0. The summed E-state index contributed by atoms with van der Waals surface area (Å²) in [4.78, 5) is 22.9. The fourth-order valence-electron chi connectivity index (χ4n) is 3.20. The smallest absolute Gasteiger partial charge is 0.278 e. The first-order valence-corrected chi connectivity index (χ1v) is 8.23. The first-order valence-electron chi connectivity index (χ1n) is 8.23. The monoisotopic (exact) mass is 317 g/mol. The number of amides is 1. The van der Waals surface area contributed by atoms with Crippen LogP contribution in [0.1, 0.15) is 32.1 Å². The molecule has 0 N–H and O–H groups in total. The molecule has 1 amide bonds. The molecule has 2 aliphatic rings. The number of hydrogen-bond donors (Lipinski definition) is 0. The Kier molecular flexibility index (Phi) is 5.10. The SMILES string of the molecule is COc1nccnc1O[C@@H]1CCCN(C(=O)[C@H]2CC=CCC2)C1. The maximum absolute atomic E-state index is 12.7. The van der Waals surface area contributed by atoms with Gasteiger partial charge in [0.05, 0.1) is 13.7 Å². The van der Waals surface area contributed by atoms with Gasteiger partial charge in [-0.15, -0.1) is 0 Å². The number of allylic oxidation sites excluding steroid dienone is 2. The third kappa shape index (κ3) is 3.81. The van der Waals surface area contributed by atoms with E-state index in [2.05, 4.69) is 22.1 Å². The summed E-state index contributed by atoms with van der Waals surface area (Å²) in [7, 11) is 1.55. The molecule has 124 valence electrons. The molecule has 2 heterocycles. The second-order valence-corrected chi connectivity index (χ2v) is 6.02. The Balaban J connectivity index is 1.61. The number of nitrogens with zero attached hydrogens (tertiary/aromatic N) is 3. The Labute approximate surface area is 136 Å². The van der Waals surface area contributed by atoms with Crippen LogP contribution in [0.15, 0.2) is 24.5 Å². The first-order chi connectivity index (χ1) is 11.3. The Morgan fingerprint density at radius 2 is 2.04 bits per heavy atom. The van der Waals surface area contributed by atoms with Gasteiger partial charge in [-0.25, -0.2) is 9.97 Å². The van der Waals surface area contributed by atoms with Gasteiger partial charge in [0.25, 0.3) is 11.8 Å². The van der Waals surface area contributed by atoms with Gasteiger partial charge in [0.15, 0.2) is 0 Å². The topological polar surface area (TPSA) is 64.6 Å². The van der Waals surface area contributed by atoms with Crippen molar-refractivity contribution in [1.82, 2.24) is 14.9 Å². The van der Waals surface area contributed by atoms with E-state index in [0.717, 1.165) is 38.6 Å². The molecule has 0 saturated carbocycles. The number of methoxy groups -OCH3 is 1. The van der Waals surface area contributed by atoms with Gasteiger partial charge in [-0.2, -0.15) is 0 Å². The second-order valence-electron chi connectivity index (χ2n) is 6.02. The van der Waals surface area contributed by atoms with Crippen LogP contribution in [-0.2, 0) is 4.79 Å². The summed E-state index contributed by atoms with van der Waals surface area (Å²) in [6, 6.07) is 0. The predicted octanol–water partition coefficient (Wildman–Crippen LogP) is 2.21. The number of ether oxygens (including phenoxy) is 2. The van der Waals surface area contributed by atoms with Crippen LogP contribution in [-0.4, -0.2) is 47.1 Å². The molecule has 1 aromatic rings. The fourth-order valence-corrected chi connectivity index (χ4v) is 3.20. The molecular weight excluding hydrogens is 294 g/mol. The Bertz CT molecular complexity index is 576. The Morgan fingerprint density at radius 3 is 2.78 bits per heavy atom. The summed E-state index contributed by atoms with van der Waals surface area (Å²) < 4.78 is 11.1. The first kappa shape index (κ1) is 15.8. The van der Waals surface area contributed by atoms with Crippen LogP contribution in [0, 0.1) is 5.92 Å². The van der Waals surface area contributed by atoms with Crippen molar-refractivity contribution < 1.29 is 14.3 Å². The van der Waals surface area contributed by atoms with Crippen LogP contribution in [0.5, 0.6) is 11.8 Å². The number of aromatic nitrogens is 2. The second kappa shape index (κ2) is 7.44. The van der Waals surface area contributed by atoms with Crippen LogP contribution in [0.4, 0.5) is 0 Å². The van der Waals surface area contributed by atoms with E-state index in [4.69, 9.17) is 9.47 Å². The van der Waals surface area contributed by atoms with Crippen LogP contribution in [0.3, 0.4) is 0 Å². The van der Waals surface area contributed by atoms with Crippen LogP contribution in [0.25, 0.3) is 0 Å². The summed E-state index contributed by atoms with van der Waals surface area (Å²) >= 11 is 0. The van der Waals surface area contributed by atoms with E-state index in [1.165, 1.54) is 0 Å². The van der Waals surface area contributed by atoms with Crippen molar-refractivity contribution in [2.24, 2.45) is 5.92 Å². The van der Waals surface area contributed by atoms with Crippen molar-refractivity contribution in [2.75, 3.05) is 20.2 Å². The van der Waals surface area contributed by atoms with Gasteiger partial charge < -0.3 is 14.4 Å². The highest BCUT2D eigenvalue weighted by Crippen LogP contribution is 2.26. The lowest BCUT2D eigenvalue weighted by Gasteiger charge is -2.35. The zero-order valence-electron chi connectivity index (χ0n) is 13.5. The average molecular weight is 317 g/mol. The molecule has 1 aliphatic heterocycles. The van der Waals surface area contributed by atoms with Crippen molar-refractivity contribution >= 4 is 5.91 Å². The summed E-state index contributed by atoms with van der Waals surface area (Å²) in [6.45, 7) is 1.43. The molecule has 1 saturated heterocycles. The van der Waals surface area contributed by atoms with Gasteiger partial charge in [-0.05, 0) is 32.1 Å². The summed E-state index contributed by atoms with van der Waals surface area (Å²) in [6.07, 6.45) is 12.0. The van der Waals surface area contributed by atoms with E-state index in [1.807, 2.05) is 4.90 Å². The molecule has 2 atom stereocenters. The molecule has 6 nitrogen and oxygen atoms in total. The highest BCUT2D eigenvalue weighted by Gasteiger charge is 2.30. The largest absolute Gasteiger partial charge is 0.477 e. The lowest BCUT2D eigenvalue weighted by atomic mass is 9.92. The minimum Gasteiger partial charge on any atom is -0.477 e. The molecule has 6 heteroatoms. The number of piperidine rings is 1. The number of likely N-dealkylation sites (tertiary alicyclic amines) is 1. The predicted molar refractivity (Wildman–Crippen MR) is 85.3 cm³/mol. The normalized spacial score (nSPS) is 24.3. The van der Waals surface area contributed by atoms with Gasteiger partial charge in [-0.1, -0.05) is 12.2 Å². The van der Waals surface area contributed by atoms with Crippen molar-refractivity contribution in [3.8, 4) is 11.8 Å². The molecule has 0 bridgehead atoms. The van der Waals surface area contributed by atoms with Crippen LogP contribution < -0.4 is 9.47 Å². The third-order valence-corrected chi connectivity index (χ3v) is 4.41. The standard InChI is InChI=1S/C17H23N3O3/c1-22-15-16(19-10-9-18-15)23-14-8-5-11-20(12-14)17(21)13-6-3-2-4-7-13/h2-3,9-10,13-14H,4-8,11-12H2,1H3/t13-,14+/m0/s1. The number of carbonyl (C=O) groups is 1. The molecule has 0 unspecified atom stereocenters. The van der Waals surface area contributed by atoms with Crippen LogP contribution in [0.2, 0.25) is 0 Å². The molecule has 3 rings (SSSR count). The van der Waals surface area contributed by atoms with Gasteiger partial charge in [0.1, 0.15) is 6.10 Å². The molecule has 0 spiro atoms. The maximum atomic E-state index is 12.7. The number of hydrogen-bond acceptors (Lipinski definition) is 5. The van der Waals surface area contributed by atoms with Crippen molar-refractivity contribution in [3.05, 3.63) is 24.5 Å². The minimum absolute atomic E-state index is 0.0579. The quantitative estimate of drug-likeness (QED) is 0.797. The lowest BCUT2D eigenvalue weighted by Crippen LogP contribution is -2.46. The molecule has 0 aromatic carbocycles. The highest BCUT2D eigenvalue weighted by molar-refractivity contribution is 5.79. The van der Waals surface area contributed by atoms with E-state index >= 15 is 0 Å². The number of carbonyl (C=O) groups excluding carboxylic acids is 1. The van der Waals surface area contributed by atoms with E-state index in [0.29, 0.717) is 18.3 Å². The van der Waals surface area contributed by atoms with Gasteiger partial charge in [0, 0.05) is 24.9 Å². The van der Waals surface area contributed by atoms with Gasteiger partial charge >= 0.3 is 0 Å². The fraction of sp³-hybridized carbons (Fsp3) is 0.588. The van der Waals surface area contributed by atoms with E-state index in [9.17, 15) is 4.79 Å². The van der Waals surface area contributed by atoms with E-state index < -0.39 is 0 Å². The molecule has 1 fully saturated rings. The molecule has 1 aromatic heterocycles. The van der Waals surface area contributed by atoms with Gasteiger partial charge in [0.2, 0.25) is 5.91 Å². The molecular formula is C17H23N3O3. The summed E-state index contributed by atoms with van der Waals surface area (Å²) in [5.41, 5.74) is 0.